The number of amides is 2. The van der Waals surface area contributed by atoms with E-state index >= 15 is 0 Å². The summed E-state index contributed by atoms with van der Waals surface area (Å²) in [6.45, 7) is 0. The normalized spacial score (nSPS) is 12.7. The number of nitrogens with zero attached hydrogens (tertiary/aromatic N) is 2. The van der Waals surface area contributed by atoms with Gasteiger partial charge < -0.3 is 15.4 Å². The molecule has 7 nitrogen and oxygen atoms in total. The molecule has 0 bridgehead atoms. The number of ether oxygens (including phenoxy) is 1. The summed E-state index contributed by atoms with van der Waals surface area (Å²) in [6, 6.07) is 24.2. The molecule has 0 aliphatic heterocycles. The molecule has 1 aromatic heterocycles. The fourth-order valence-corrected chi connectivity index (χ4v) is 3.65. The summed E-state index contributed by atoms with van der Waals surface area (Å²) in [6.07, 6.45) is 3.75. The van der Waals surface area contributed by atoms with Gasteiger partial charge in [-0.2, -0.15) is 5.10 Å². The molecule has 1 saturated carbocycles. The first-order chi connectivity index (χ1) is 16.6. The van der Waals surface area contributed by atoms with E-state index in [0.29, 0.717) is 22.5 Å². The SMILES string of the molecule is COc1ccc(-c2nn(-c3ccccc3)cc2C(=O)Nc2cccc(C(=O)NC3CC3)c2)cc1. The van der Waals surface area contributed by atoms with Gasteiger partial charge in [-0.3, -0.25) is 9.59 Å². The third-order valence-electron chi connectivity index (χ3n) is 5.64. The molecule has 0 atom stereocenters. The number of benzene rings is 3. The van der Waals surface area contributed by atoms with Gasteiger partial charge in [0.25, 0.3) is 11.8 Å². The average Bonchev–Trinajstić information content (AvgIpc) is 3.58. The van der Waals surface area contributed by atoms with E-state index in [9.17, 15) is 9.59 Å². The number of methoxy groups -OCH3 is 1. The standard InChI is InChI=1S/C27H24N4O3/c1-34-23-14-10-18(11-15-23)25-24(17-31(30-25)22-8-3-2-4-9-22)27(33)29-21-7-5-6-19(16-21)26(32)28-20-12-13-20/h2-11,14-17,20H,12-13H2,1H3,(H,28,32)(H,29,33). The van der Waals surface area contributed by atoms with E-state index in [-0.39, 0.29) is 17.9 Å². The largest absolute Gasteiger partial charge is 0.497 e. The highest BCUT2D eigenvalue weighted by Gasteiger charge is 2.24. The lowest BCUT2D eigenvalue weighted by atomic mass is 10.1. The number of aromatic nitrogens is 2. The lowest BCUT2D eigenvalue weighted by Gasteiger charge is -2.08. The van der Waals surface area contributed by atoms with Crippen LogP contribution in [0.2, 0.25) is 0 Å². The van der Waals surface area contributed by atoms with Gasteiger partial charge in [-0.15, -0.1) is 0 Å². The Morgan fingerprint density at radius 2 is 1.71 bits per heavy atom. The van der Waals surface area contributed by atoms with E-state index in [1.165, 1.54) is 0 Å². The highest BCUT2D eigenvalue weighted by atomic mass is 16.5. The maximum atomic E-state index is 13.4. The van der Waals surface area contributed by atoms with Gasteiger partial charge in [-0.05, 0) is 67.4 Å². The Balaban J connectivity index is 1.46. The van der Waals surface area contributed by atoms with Gasteiger partial charge in [0.2, 0.25) is 0 Å². The molecule has 2 N–H and O–H groups in total. The highest BCUT2D eigenvalue weighted by molar-refractivity contribution is 6.08. The number of anilines is 1. The Bertz CT molecular complexity index is 1330. The number of nitrogens with one attached hydrogen (secondary N) is 2. The molecule has 4 aromatic rings. The van der Waals surface area contributed by atoms with Crippen molar-refractivity contribution in [2.45, 2.75) is 18.9 Å². The van der Waals surface area contributed by atoms with Crippen LogP contribution in [0.4, 0.5) is 5.69 Å². The number of para-hydroxylation sites is 1. The highest BCUT2D eigenvalue weighted by Crippen LogP contribution is 2.27. The molecule has 1 fully saturated rings. The quantitative estimate of drug-likeness (QED) is 0.426. The van der Waals surface area contributed by atoms with Crippen LogP contribution in [0.3, 0.4) is 0 Å². The van der Waals surface area contributed by atoms with Crippen LogP contribution in [0.1, 0.15) is 33.6 Å². The average molecular weight is 453 g/mol. The van der Waals surface area contributed by atoms with Crippen molar-refractivity contribution in [3.05, 3.63) is 96.2 Å². The zero-order valence-electron chi connectivity index (χ0n) is 18.7. The fraction of sp³-hybridized carbons (Fsp3) is 0.148. The van der Waals surface area contributed by atoms with E-state index in [4.69, 9.17) is 9.84 Å². The van der Waals surface area contributed by atoms with Crippen LogP contribution in [0.25, 0.3) is 16.9 Å². The minimum atomic E-state index is -0.312. The molecule has 1 heterocycles. The van der Waals surface area contributed by atoms with Gasteiger partial charge in [-0.25, -0.2) is 4.68 Å². The van der Waals surface area contributed by atoms with Crippen LogP contribution in [0.5, 0.6) is 5.75 Å². The first-order valence-electron chi connectivity index (χ1n) is 11.1. The van der Waals surface area contributed by atoms with Crippen LogP contribution < -0.4 is 15.4 Å². The monoisotopic (exact) mass is 452 g/mol. The summed E-state index contributed by atoms with van der Waals surface area (Å²) < 4.78 is 6.95. The number of carbonyl (C=O) groups is 2. The maximum Gasteiger partial charge on any atom is 0.259 e. The minimum absolute atomic E-state index is 0.130. The second-order valence-electron chi connectivity index (χ2n) is 8.18. The Morgan fingerprint density at radius 1 is 0.941 bits per heavy atom. The number of hydrogen-bond donors (Lipinski definition) is 2. The van der Waals surface area contributed by atoms with Gasteiger partial charge in [0.05, 0.1) is 18.4 Å². The molecule has 170 valence electrons. The summed E-state index contributed by atoms with van der Waals surface area (Å²) in [7, 11) is 1.61. The molecule has 2 amide bonds. The zero-order valence-corrected chi connectivity index (χ0v) is 18.7. The van der Waals surface area contributed by atoms with E-state index < -0.39 is 0 Å². The van der Waals surface area contributed by atoms with Crippen molar-refractivity contribution >= 4 is 17.5 Å². The molecule has 7 heteroatoms. The van der Waals surface area contributed by atoms with Gasteiger partial charge in [0.1, 0.15) is 11.4 Å². The van der Waals surface area contributed by atoms with Crippen LogP contribution >= 0.6 is 0 Å². The summed E-state index contributed by atoms with van der Waals surface area (Å²) in [5.41, 5.74) is 3.66. The van der Waals surface area contributed by atoms with Crippen molar-refractivity contribution < 1.29 is 14.3 Å². The number of hydrogen-bond acceptors (Lipinski definition) is 4. The van der Waals surface area contributed by atoms with Crippen molar-refractivity contribution in [1.82, 2.24) is 15.1 Å². The minimum Gasteiger partial charge on any atom is -0.497 e. The summed E-state index contributed by atoms with van der Waals surface area (Å²) in [5, 5.41) is 10.6. The second-order valence-corrected chi connectivity index (χ2v) is 8.18. The van der Waals surface area contributed by atoms with Crippen molar-refractivity contribution in [2.75, 3.05) is 12.4 Å². The van der Waals surface area contributed by atoms with Gasteiger partial charge in [0, 0.05) is 29.1 Å². The zero-order chi connectivity index (χ0) is 23.5. The first kappa shape index (κ1) is 21.5. The topological polar surface area (TPSA) is 85.2 Å². The van der Waals surface area contributed by atoms with Crippen molar-refractivity contribution in [3.8, 4) is 22.7 Å². The molecule has 0 spiro atoms. The van der Waals surface area contributed by atoms with E-state index in [1.54, 1.807) is 42.3 Å². The number of rotatable bonds is 7. The summed E-state index contributed by atoms with van der Waals surface area (Å²) in [5.74, 6) is 0.278. The van der Waals surface area contributed by atoms with Crippen LogP contribution in [0, 0.1) is 0 Å². The van der Waals surface area contributed by atoms with E-state index in [0.717, 1.165) is 29.8 Å². The number of carbonyl (C=O) groups excluding carboxylic acids is 2. The van der Waals surface area contributed by atoms with Gasteiger partial charge in [-0.1, -0.05) is 24.3 Å². The Morgan fingerprint density at radius 3 is 2.41 bits per heavy atom. The predicted molar refractivity (Wildman–Crippen MR) is 130 cm³/mol. The van der Waals surface area contributed by atoms with Crippen molar-refractivity contribution in [1.29, 1.82) is 0 Å². The van der Waals surface area contributed by atoms with Crippen LogP contribution in [-0.2, 0) is 0 Å². The molecule has 3 aromatic carbocycles. The lowest BCUT2D eigenvalue weighted by Crippen LogP contribution is -2.25. The van der Waals surface area contributed by atoms with Gasteiger partial charge in [0.15, 0.2) is 0 Å². The molecule has 0 radical (unpaired) electrons. The molecular weight excluding hydrogens is 428 g/mol. The predicted octanol–water partition coefficient (Wildman–Crippen LogP) is 4.69. The first-order valence-corrected chi connectivity index (χ1v) is 11.1. The Kier molecular flexibility index (Phi) is 5.82. The summed E-state index contributed by atoms with van der Waals surface area (Å²) >= 11 is 0. The molecule has 0 saturated heterocycles. The lowest BCUT2D eigenvalue weighted by molar-refractivity contribution is 0.0949. The van der Waals surface area contributed by atoms with Crippen molar-refractivity contribution in [3.63, 3.8) is 0 Å². The smallest absolute Gasteiger partial charge is 0.259 e. The van der Waals surface area contributed by atoms with E-state index in [1.807, 2.05) is 54.6 Å². The third-order valence-corrected chi connectivity index (χ3v) is 5.64. The van der Waals surface area contributed by atoms with Gasteiger partial charge >= 0.3 is 0 Å². The molecular formula is C27H24N4O3. The Labute approximate surface area is 197 Å². The fourth-order valence-electron chi connectivity index (χ4n) is 3.65. The Hall–Kier alpha value is -4.39. The molecule has 1 aliphatic carbocycles. The van der Waals surface area contributed by atoms with Crippen LogP contribution in [0.15, 0.2) is 85.1 Å². The van der Waals surface area contributed by atoms with Crippen molar-refractivity contribution in [2.24, 2.45) is 0 Å². The third kappa shape index (κ3) is 4.68. The molecule has 5 rings (SSSR count). The molecule has 0 unspecified atom stereocenters. The molecule has 1 aliphatic rings. The summed E-state index contributed by atoms with van der Waals surface area (Å²) in [4.78, 5) is 25.8. The van der Waals surface area contributed by atoms with E-state index in [2.05, 4.69) is 10.6 Å². The second kappa shape index (κ2) is 9.23. The van der Waals surface area contributed by atoms with Crippen LogP contribution in [-0.4, -0.2) is 34.7 Å². The molecule has 34 heavy (non-hydrogen) atoms. The maximum absolute atomic E-state index is 13.4.